The molecule has 2 aromatic rings. The molecule has 0 aliphatic carbocycles. The molecule has 128 valence electrons. The van der Waals surface area contributed by atoms with E-state index in [-0.39, 0.29) is 11.8 Å². The first kappa shape index (κ1) is 17.2. The second kappa shape index (κ2) is 7.99. The quantitative estimate of drug-likeness (QED) is 0.835. The van der Waals surface area contributed by atoms with Gasteiger partial charge in [0.05, 0.1) is 0 Å². The van der Waals surface area contributed by atoms with E-state index in [0.717, 1.165) is 31.5 Å². The molecule has 0 saturated carbocycles. The Morgan fingerprint density at radius 3 is 2.48 bits per heavy atom. The topological polar surface area (TPSA) is 49.4 Å². The van der Waals surface area contributed by atoms with Gasteiger partial charge in [-0.2, -0.15) is 0 Å². The number of amides is 2. The molecule has 0 spiro atoms. The number of halogens is 1. The van der Waals surface area contributed by atoms with Crippen LogP contribution in [0.5, 0.6) is 0 Å². The third-order valence-corrected chi connectivity index (χ3v) is 4.32. The number of carbonyl (C=O) groups is 2. The van der Waals surface area contributed by atoms with E-state index >= 15 is 0 Å². The number of nitrogens with one attached hydrogen (secondary N) is 1. The van der Waals surface area contributed by atoms with Gasteiger partial charge in [-0.05, 0) is 54.8 Å². The van der Waals surface area contributed by atoms with Crippen molar-refractivity contribution in [3.05, 3.63) is 70.8 Å². The number of benzene rings is 2. The fourth-order valence-corrected chi connectivity index (χ4v) is 2.89. The van der Waals surface area contributed by atoms with Crippen molar-refractivity contribution in [3.63, 3.8) is 0 Å². The Morgan fingerprint density at radius 1 is 1.04 bits per heavy atom. The van der Waals surface area contributed by atoms with Gasteiger partial charge >= 0.3 is 0 Å². The maximum atomic E-state index is 12.4. The van der Waals surface area contributed by atoms with Gasteiger partial charge in [-0.15, -0.1) is 0 Å². The van der Waals surface area contributed by atoms with Gasteiger partial charge in [0.15, 0.2) is 0 Å². The molecule has 5 heteroatoms. The molecule has 0 bridgehead atoms. The summed E-state index contributed by atoms with van der Waals surface area (Å²) in [7, 11) is 0. The van der Waals surface area contributed by atoms with Gasteiger partial charge in [0.25, 0.3) is 5.91 Å². The number of hydrogen-bond acceptors (Lipinski definition) is 2. The van der Waals surface area contributed by atoms with Crippen LogP contribution in [0.25, 0.3) is 6.08 Å². The zero-order valence-electron chi connectivity index (χ0n) is 13.7. The molecule has 0 atom stereocenters. The molecular formula is C20H19ClN2O2. The summed E-state index contributed by atoms with van der Waals surface area (Å²) in [4.78, 5) is 26.3. The van der Waals surface area contributed by atoms with Crippen molar-refractivity contribution >= 4 is 35.2 Å². The molecule has 1 aliphatic rings. The molecule has 3 rings (SSSR count). The molecule has 0 unspecified atom stereocenters. The lowest BCUT2D eigenvalue weighted by atomic mass is 10.1. The lowest BCUT2D eigenvalue weighted by Crippen LogP contribution is -2.27. The highest BCUT2D eigenvalue weighted by molar-refractivity contribution is 6.30. The van der Waals surface area contributed by atoms with Crippen LogP contribution in [0.15, 0.2) is 54.6 Å². The zero-order chi connectivity index (χ0) is 17.6. The molecule has 0 radical (unpaired) electrons. The van der Waals surface area contributed by atoms with Crippen LogP contribution in [0.1, 0.15) is 28.8 Å². The summed E-state index contributed by atoms with van der Waals surface area (Å²) in [6.07, 6.45) is 5.28. The van der Waals surface area contributed by atoms with Crippen LogP contribution in [0.4, 0.5) is 5.69 Å². The van der Waals surface area contributed by atoms with Crippen molar-refractivity contribution in [1.82, 2.24) is 4.90 Å². The van der Waals surface area contributed by atoms with Crippen molar-refractivity contribution in [2.45, 2.75) is 12.8 Å². The molecule has 1 aliphatic heterocycles. The van der Waals surface area contributed by atoms with Gasteiger partial charge in [-0.1, -0.05) is 29.8 Å². The number of anilines is 1. The fourth-order valence-electron chi connectivity index (χ4n) is 2.76. The highest BCUT2D eigenvalue weighted by atomic mass is 35.5. The third-order valence-electron chi connectivity index (χ3n) is 4.07. The molecule has 2 aromatic carbocycles. The van der Waals surface area contributed by atoms with Crippen molar-refractivity contribution < 1.29 is 9.59 Å². The van der Waals surface area contributed by atoms with Crippen LogP contribution in [0, 0.1) is 0 Å². The number of rotatable bonds is 4. The van der Waals surface area contributed by atoms with Crippen LogP contribution < -0.4 is 5.32 Å². The first-order chi connectivity index (χ1) is 12.1. The summed E-state index contributed by atoms with van der Waals surface area (Å²) in [6, 6.07) is 14.3. The van der Waals surface area contributed by atoms with Crippen molar-refractivity contribution in [2.75, 3.05) is 18.4 Å². The van der Waals surface area contributed by atoms with Gasteiger partial charge in [0.1, 0.15) is 0 Å². The second-order valence-electron chi connectivity index (χ2n) is 5.95. The Bertz CT molecular complexity index is 794. The number of likely N-dealkylation sites (tertiary alicyclic amines) is 1. The van der Waals surface area contributed by atoms with E-state index in [0.29, 0.717) is 16.3 Å². The van der Waals surface area contributed by atoms with Crippen LogP contribution in [0.2, 0.25) is 5.02 Å². The average Bonchev–Trinajstić information content (AvgIpc) is 3.15. The van der Waals surface area contributed by atoms with Gasteiger partial charge in [0, 0.05) is 35.4 Å². The van der Waals surface area contributed by atoms with Crippen LogP contribution in [-0.2, 0) is 4.79 Å². The Labute approximate surface area is 152 Å². The van der Waals surface area contributed by atoms with Gasteiger partial charge in [-0.25, -0.2) is 0 Å². The Kier molecular flexibility index (Phi) is 5.51. The molecule has 1 fully saturated rings. The first-order valence-electron chi connectivity index (χ1n) is 8.26. The van der Waals surface area contributed by atoms with E-state index in [4.69, 9.17) is 11.6 Å². The van der Waals surface area contributed by atoms with Crippen LogP contribution in [0.3, 0.4) is 0 Å². The number of hydrogen-bond donors (Lipinski definition) is 1. The molecule has 1 heterocycles. The predicted molar refractivity (Wildman–Crippen MR) is 101 cm³/mol. The van der Waals surface area contributed by atoms with E-state index in [9.17, 15) is 9.59 Å². The average molecular weight is 355 g/mol. The maximum Gasteiger partial charge on any atom is 0.253 e. The van der Waals surface area contributed by atoms with Crippen LogP contribution >= 0.6 is 11.6 Å². The summed E-state index contributed by atoms with van der Waals surface area (Å²) in [5.41, 5.74) is 2.09. The van der Waals surface area contributed by atoms with E-state index < -0.39 is 0 Å². The van der Waals surface area contributed by atoms with E-state index in [2.05, 4.69) is 5.32 Å². The monoisotopic (exact) mass is 354 g/mol. The summed E-state index contributed by atoms with van der Waals surface area (Å²) in [5, 5.41) is 3.44. The smallest absolute Gasteiger partial charge is 0.253 e. The van der Waals surface area contributed by atoms with E-state index in [1.165, 1.54) is 6.08 Å². The Balaban J connectivity index is 1.64. The largest absolute Gasteiger partial charge is 0.339 e. The Hall–Kier alpha value is -2.59. The first-order valence-corrected chi connectivity index (χ1v) is 8.63. The molecule has 1 saturated heterocycles. The van der Waals surface area contributed by atoms with Gasteiger partial charge in [0.2, 0.25) is 5.91 Å². The normalized spacial score (nSPS) is 14.0. The SMILES string of the molecule is O=C(/C=C/c1ccc(Cl)cc1)Nc1cccc(C(=O)N2CCCC2)c1. The molecule has 25 heavy (non-hydrogen) atoms. The lowest BCUT2D eigenvalue weighted by molar-refractivity contribution is -0.111. The summed E-state index contributed by atoms with van der Waals surface area (Å²) in [6.45, 7) is 1.61. The minimum atomic E-state index is -0.249. The third kappa shape index (κ3) is 4.70. The zero-order valence-corrected chi connectivity index (χ0v) is 14.5. The fraction of sp³-hybridized carbons (Fsp3) is 0.200. The molecule has 0 aromatic heterocycles. The minimum absolute atomic E-state index is 0.0188. The van der Waals surface area contributed by atoms with Crippen molar-refractivity contribution in [1.29, 1.82) is 0 Å². The summed E-state index contributed by atoms with van der Waals surface area (Å²) in [5.74, 6) is -0.231. The predicted octanol–water partition coefficient (Wildman–Crippen LogP) is 4.23. The summed E-state index contributed by atoms with van der Waals surface area (Å²) < 4.78 is 0. The summed E-state index contributed by atoms with van der Waals surface area (Å²) >= 11 is 5.83. The van der Waals surface area contributed by atoms with Gasteiger partial charge in [-0.3, -0.25) is 9.59 Å². The number of carbonyl (C=O) groups excluding carboxylic acids is 2. The van der Waals surface area contributed by atoms with Gasteiger partial charge < -0.3 is 10.2 Å². The number of nitrogens with zero attached hydrogens (tertiary/aromatic N) is 1. The van der Waals surface area contributed by atoms with E-state index in [1.807, 2.05) is 17.0 Å². The van der Waals surface area contributed by atoms with Crippen molar-refractivity contribution in [3.8, 4) is 0 Å². The molecule has 1 N–H and O–H groups in total. The molecule has 4 nitrogen and oxygen atoms in total. The maximum absolute atomic E-state index is 12.4. The Morgan fingerprint density at radius 2 is 1.76 bits per heavy atom. The highest BCUT2D eigenvalue weighted by Crippen LogP contribution is 2.16. The highest BCUT2D eigenvalue weighted by Gasteiger charge is 2.19. The second-order valence-corrected chi connectivity index (χ2v) is 6.39. The molecule has 2 amide bonds. The minimum Gasteiger partial charge on any atom is -0.339 e. The van der Waals surface area contributed by atoms with Crippen LogP contribution in [-0.4, -0.2) is 29.8 Å². The molecular weight excluding hydrogens is 336 g/mol. The van der Waals surface area contributed by atoms with Crippen molar-refractivity contribution in [2.24, 2.45) is 0 Å². The lowest BCUT2D eigenvalue weighted by Gasteiger charge is -2.15. The van der Waals surface area contributed by atoms with E-state index in [1.54, 1.807) is 42.5 Å². The standard InChI is InChI=1S/C20H19ClN2O2/c21-17-9-6-15(7-10-17)8-11-19(24)22-18-5-3-4-16(14-18)20(25)23-12-1-2-13-23/h3-11,14H,1-2,12-13H2,(H,22,24)/b11-8+.